The molecular formula is C23H15N3OS. The predicted octanol–water partition coefficient (Wildman–Crippen LogP) is 5.14. The van der Waals surface area contributed by atoms with Crippen LogP contribution < -0.4 is 0 Å². The molecule has 0 unspecified atom stereocenters. The Kier molecular flexibility index (Phi) is 3.95. The summed E-state index contributed by atoms with van der Waals surface area (Å²) >= 11 is 1.37. The highest BCUT2D eigenvalue weighted by Gasteiger charge is 2.36. The van der Waals surface area contributed by atoms with E-state index >= 15 is 0 Å². The van der Waals surface area contributed by atoms with Gasteiger partial charge in [-0.05, 0) is 28.0 Å². The van der Waals surface area contributed by atoms with Crippen LogP contribution in [-0.4, -0.2) is 21.8 Å². The van der Waals surface area contributed by atoms with Gasteiger partial charge in [0.2, 0.25) is 0 Å². The third-order valence-electron chi connectivity index (χ3n) is 4.81. The molecule has 28 heavy (non-hydrogen) atoms. The lowest BCUT2D eigenvalue weighted by Gasteiger charge is -2.27. The zero-order valence-electron chi connectivity index (χ0n) is 14.8. The number of hydrogen-bond donors (Lipinski definition) is 1. The van der Waals surface area contributed by atoms with E-state index in [1.54, 1.807) is 11.0 Å². The van der Waals surface area contributed by atoms with Crippen molar-refractivity contribution >= 4 is 51.2 Å². The van der Waals surface area contributed by atoms with E-state index < -0.39 is 0 Å². The highest BCUT2D eigenvalue weighted by Crippen LogP contribution is 2.37. The largest absolute Gasteiger partial charge is 0.283 e. The van der Waals surface area contributed by atoms with Gasteiger partial charge in [-0.25, -0.2) is 0 Å². The van der Waals surface area contributed by atoms with Crippen LogP contribution in [-0.2, 0) is 4.79 Å². The summed E-state index contributed by atoms with van der Waals surface area (Å²) in [5.74, 6) is -0.220. The first-order chi connectivity index (χ1) is 13.7. The Morgan fingerprint density at radius 1 is 0.929 bits per heavy atom. The summed E-state index contributed by atoms with van der Waals surface area (Å²) in [6, 6.07) is 23.8. The van der Waals surface area contributed by atoms with E-state index in [0.29, 0.717) is 10.7 Å². The van der Waals surface area contributed by atoms with Crippen LogP contribution in [0.15, 0.2) is 88.8 Å². The van der Waals surface area contributed by atoms with Gasteiger partial charge in [0.05, 0.1) is 11.3 Å². The van der Waals surface area contributed by atoms with Crippen molar-refractivity contribution in [3.8, 4) is 0 Å². The Morgan fingerprint density at radius 2 is 1.68 bits per heavy atom. The van der Waals surface area contributed by atoms with E-state index in [2.05, 4.69) is 4.99 Å². The molecule has 5 rings (SSSR count). The second-order valence-corrected chi connectivity index (χ2v) is 7.33. The summed E-state index contributed by atoms with van der Waals surface area (Å²) in [5, 5.41) is 13.4. The van der Waals surface area contributed by atoms with Gasteiger partial charge in [0.1, 0.15) is 5.84 Å². The van der Waals surface area contributed by atoms with Crippen LogP contribution in [0.5, 0.6) is 0 Å². The molecule has 2 aliphatic heterocycles. The van der Waals surface area contributed by atoms with E-state index in [4.69, 9.17) is 5.41 Å². The molecule has 3 aromatic rings. The lowest BCUT2D eigenvalue weighted by molar-refractivity contribution is -0.114. The summed E-state index contributed by atoms with van der Waals surface area (Å²) in [5.41, 5.74) is 3.06. The number of nitrogens with one attached hydrogen (secondary N) is 1. The molecule has 2 heterocycles. The number of rotatable bonds is 2. The molecule has 0 bridgehead atoms. The first-order valence-corrected chi connectivity index (χ1v) is 9.74. The maximum atomic E-state index is 12.7. The number of hydrogen-bond acceptors (Lipinski definition) is 3. The van der Waals surface area contributed by atoms with Crippen molar-refractivity contribution < 1.29 is 4.79 Å². The molecule has 0 aromatic heterocycles. The summed E-state index contributed by atoms with van der Waals surface area (Å²) in [4.78, 5) is 18.7. The Bertz CT molecular complexity index is 1220. The SMILES string of the molecule is N=C1C(=Cc2cccc3ccccc23)C(=O)N=C2SC=C(c3ccccc3)N12. The summed E-state index contributed by atoms with van der Waals surface area (Å²) in [7, 11) is 0. The summed E-state index contributed by atoms with van der Waals surface area (Å²) in [6.07, 6.45) is 1.78. The van der Waals surface area contributed by atoms with Gasteiger partial charge in [0, 0.05) is 5.41 Å². The number of thioether (sulfide) groups is 1. The molecule has 4 nitrogen and oxygen atoms in total. The van der Waals surface area contributed by atoms with Crippen LogP contribution in [0.2, 0.25) is 0 Å². The number of amides is 1. The van der Waals surface area contributed by atoms with Crippen molar-refractivity contribution in [2.75, 3.05) is 0 Å². The number of benzene rings is 3. The quantitative estimate of drug-likeness (QED) is 0.625. The normalized spacial score (nSPS) is 17.7. The number of amidine groups is 2. The Morgan fingerprint density at radius 3 is 2.54 bits per heavy atom. The van der Waals surface area contributed by atoms with Crippen molar-refractivity contribution in [2.45, 2.75) is 0 Å². The van der Waals surface area contributed by atoms with Gasteiger partial charge in [0.15, 0.2) is 5.17 Å². The minimum absolute atomic E-state index is 0.156. The maximum Gasteiger partial charge on any atom is 0.283 e. The molecule has 0 aliphatic carbocycles. The molecule has 1 N–H and O–H groups in total. The first kappa shape index (κ1) is 16.7. The molecule has 3 aromatic carbocycles. The van der Waals surface area contributed by atoms with E-state index in [1.807, 2.05) is 78.2 Å². The van der Waals surface area contributed by atoms with Crippen LogP contribution in [0, 0.1) is 5.41 Å². The second-order valence-electron chi connectivity index (χ2n) is 6.50. The van der Waals surface area contributed by atoms with Crippen LogP contribution in [0.1, 0.15) is 11.1 Å². The number of nitrogens with zero attached hydrogens (tertiary/aromatic N) is 2. The highest BCUT2D eigenvalue weighted by molar-refractivity contribution is 8.17. The van der Waals surface area contributed by atoms with E-state index in [9.17, 15) is 4.79 Å². The standard InChI is InChI=1S/C23H15N3OS/c24-21-19(13-17-11-6-10-15-7-4-5-12-18(15)17)22(27)25-23-26(21)20(14-28-23)16-8-2-1-3-9-16/h1-14,24H. The number of carbonyl (C=O) groups excluding carboxylic acids is 1. The maximum absolute atomic E-state index is 12.7. The van der Waals surface area contributed by atoms with Gasteiger partial charge in [-0.15, -0.1) is 0 Å². The molecular weight excluding hydrogens is 366 g/mol. The fraction of sp³-hybridized carbons (Fsp3) is 0. The van der Waals surface area contributed by atoms with Crippen LogP contribution in [0.3, 0.4) is 0 Å². The van der Waals surface area contributed by atoms with Crippen LogP contribution in [0.4, 0.5) is 0 Å². The average Bonchev–Trinajstić information content (AvgIpc) is 3.16. The van der Waals surface area contributed by atoms with Gasteiger partial charge in [-0.3, -0.25) is 15.1 Å². The summed E-state index contributed by atoms with van der Waals surface area (Å²) < 4.78 is 0. The van der Waals surface area contributed by atoms with Gasteiger partial charge >= 0.3 is 0 Å². The lowest BCUT2D eigenvalue weighted by atomic mass is 10.0. The average molecular weight is 381 g/mol. The molecule has 0 radical (unpaired) electrons. The van der Waals surface area contributed by atoms with Crippen molar-refractivity contribution in [1.29, 1.82) is 5.41 Å². The molecule has 134 valence electrons. The van der Waals surface area contributed by atoms with Crippen molar-refractivity contribution in [1.82, 2.24) is 4.90 Å². The summed E-state index contributed by atoms with van der Waals surface area (Å²) in [6.45, 7) is 0. The fourth-order valence-corrected chi connectivity index (χ4v) is 4.34. The van der Waals surface area contributed by atoms with E-state index in [1.165, 1.54) is 11.8 Å². The van der Waals surface area contributed by atoms with E-state index in [0.717, 1.165) is 27.6 Å². The molecule has 2 aliphatic rings. The van der Waals surface area contributed by atoms with Crippen molar-refractivity contribution in [3.05, 3.63) is 94.9 Å². The molecule has 0 saturated carbocycles. The van der Waals surface area contributed by atoms with E-state index in [-0.39, 0.29) is 11.7 Å². The van der Waals surface area contributed by atoms with Crippen LogP contribution in [0.25, 0.3) is 22.5 Å². The molecule has 0 fully saturated rings. The highest BCUT2D eigenvalue weighted by atomic mass is 32.2. The lowest BCUT2D eigenvalue weighted by Crippen LogP contribution is -2.38. The number of carbonyl (C=O) groups is 1. The molecule has 0 atom stereocenters. The molecule has 1 amide bonds. The zero-order chi connectivity index (χ0) is 19.1. The van der Waals surface area contributed by atoms with Crippen LogP contribution >= 0.6 is 11.8 Å². The first-order valence-electron chi connectivity index (χ1n) is 8.86. The van der Waals surface area contributed by atoms with Gasteiger partial charge < -0.3 is 0 Å². The van der Waals surface area contributed by atoms with Crippen molar-refractivity contribution in [3.63, 3.8) is 0 Å². The molecule has 0 spiro atoms. The van der Waals surface area contributed by atoms with Crippen molar-refractivity contribution in [2.24, 2.45) is 4.99 Å². The topological polar surface area (TPSA) is 56.5 Å². The Labute approximate surface area is 166 Å². The van der Waals surface area contributed by atoms with Gasteiger partial charge in [-0.2, -0.15) is 4.99 Å². The third-order valence-corrected chi connectivity index (χ3v) is 5.63. The number of fused-ring (bicyclic) bond motifs is 2. The number of aliphatic imine (C=N–C) groups is 1. The Hall–Kier alpha value is -3.44. The molecule has 5 heteroatoms. The smallest absolute Gasteiger partial charge is 0.283 e. The molecule has 0 saturated heterocycles. The fourth-order valence-electron chi connectivity index (χ4n) is 3.45. The second kappa shape index (κ2) is 6.62. The minimum atomic E-state index is -0.376. The predicted molar refractivity (Wildman–Crippen MR) is 116 cm³/mol. The van der Waals surface area contributed by atoms with Gasteiger partial charge in [0.25, 0.3) is 5.91 Å². The third kappa shape index (κ3) is 2.68. The van der Waals surface area contributed by atoms with Gasteiger partial charge in [-0.1, -0.05) is 84.6 Å². The minimum Gasteiger partial charge on any atom is -0.283 e. The Balaban J connectivity index is 1.60. The zero-order valence-corrected chi connectivity index (χ0v) is 15.6. The monoisotopic (exact) mass is 381 g/mol.